The van der Waals surface area contributed by atoms with Crippen molar-refractivity contribution < 1.29 is 37.0 Å². The first-order valence-electron chi connectivity index (χ1n) is 11.2. The van der Waals surface area contributed by atoms with Crippen LogP contribution in [0.5, 0.6) is 11.5 Å². The number of hydrogen-bond acceptors (Lipinski definition) is 8. The molecule has 2 heterocycles. The number of esters is 1. The molecule has 1 aliphatic carbocycles. The molecular weight excluding hydrogens is 452 g/mol. The Bertz CT molecular complexity index is 1050. The van der Waals surface area contributed by atoms with E-state index in [1.165, 1.54) is 30.2 Å². The summed E-state index contributed by atoms with van der Waals surface area (Å²) in [7, 11) is 1.27. The van der Waals surface area contributed by atoms with Gasteiger partial charge in [-0.3, -0.25) is 4.79 Å². The molecule has 1 aromatic heterocycles. The summed E-state index contributed by atoms with van der Waals surface area (Å²) >= 11 is 0. The SMILES string of the molecule is COC(=O)[C@@H]1CCCN1C(=O)c1nc(-c2ccc(OC(F)F)c(OCC3CC3)c2)oc1[C@H](C)N. The van der Waals surface area contributed by atoms with Gasteiger partial charge >= 0.3 is 12.6 Å². The first-order valence-corrected chi connectivity index (χ1v) is 11.2. The van der Waals surface area contributed by atoms with E-state index < -0.39 is 30.6 Å². The van der Waals surface area contributed by atoms with E-state index in [2.05, 4.69) is 9.72 Å². The summed E-state index contributed by atoms with van der Waals surface area (Å²) in [6, 6.07) is 2.95. The van der Waals surface area contributed by atoms with E-state index >= 15 is 0 Å². The fourth-order valence-corrected chi connectivity index (χ4v) is 3.88. The maximum Gasteiger partial charge on any atom is 0.387 e. The molecule has 1 saturated carbocycles. The topological polar surface area (TPSA) is 117 Å². The standard InChI is InChI=1S/C23H27F2N3O6/c1-12(26)19-18(21(29)28-9-3-4-15(28)22(30)31-2)27-20(34-19)14-7-8-16(33-23(24)25)17(10-14)32-11-13-5-6-13/h7-8,10,12-13,15,23H,3-6,9,11,26H2,1-2H3/t12-,15-/m0/s1. The summed E-state index contributed by atoms with van der Waals surface area (Å²) < 4.78 is 46.6. The number of alkyl halides is 2. The minimum atomic E-state index is -3.01. The number of methoxy groups -OCH3 is 1. The van der Waals surface area contributed by atoms with E-state index in [4.69, 9.17) is 19.6 Å². The second-order valence-electron chi connectivity index (χ2n) is 8.49. The molecule has 2 atom stereocenters. The zero-order valence-corrected chi connectivity index (χ0v) is 19.0. The lowest BCUT2D eigenvalue weighted by Gasteiger charge is -2.22. The monoisotopic (exact) mass is 479 g/mol. The van der Waals surface area contributed by atoms with Gasteiger partial charge in [0, 0.05) is 12.1 Å². The first kappa shape index (κ1) is 23.9. The van der Waals surface area contributed by atoms with Crippen molar-refractivity contribution in [2.24, 2.45) is 11.7 Å². The van der Waals surface area contributed by atoms with Gasteiger partial charge in [-0.1, -0.05) is 0 Å². The van der Waals surface area contributed by atoms with Crippen LogP contribution in [-0.4, -0.2) is 54.7 Å². The number of halogens is 2. The lowest BCUT2D eigenvalue weighted by molar-refractivity contribution is -0.145. The van der Waals surface area contributed by atoms with Gasteiger partial charge in [0.05, 0.1) is 19.8 Å². The van der Waals surface area contributed by atoms with Crippen molar-refractivity contribution in [3.63, 3.8) is 0 Å². The number of nitrogens with two attached hydrogens (primary N) is 1. The first-order chi connectivity index (χ1) is 16.3. The highest BCUT2D eigenvalue weighted by Crippen LogP contribution is 2.37. The number of hydrogen-bond donors (Lipinski definition) is 1. The third kappa shape index (κ3) is 5.14. The Morgan fingerprint density at radius 1 is 1.26 bits per heavy atom. The van der Waals surface area contributed by atoms with E-state index in [1.54, 1.807) is 6.92 Å². The third-order valence-electron chi connectivity index (χ3n) is 5.83. The zero-order valence-electron chi connectivity index (χ0n) is 19.0. The molecule has 1 amide bonds. The molecule has 11 heteroatoms. The Morgan fingerprint density at radius 3 is 2.68 bits per heavy atom. The quantitative estimate of drug-likeness (QED) is 0.543. The van der Waals surface area contributed by atoms with Crippen LogP contribution in [-0.2, 0) is 9.53 Å². The van der Waals surface area contributed by atoms with Crippen LogP contribution in [0, 0.1) is 5.92 Å². The minimum Gasteiger partial charge on any atom is -0.489 e. The van der Waals surface area contributed by atoms with Gasteiger partial charge in [-0.05, 0) is 56.7 Å². The van der Waals surface area contributed by atoms with Crippen LogP contribution in [0.15, 0.2) is 22.6 Å². The Labute approximate surface area is 195 Å². The van der Waals surface area contributed by atoms with Crippen molar-refractivity contribution in [3.8, 4) is 23.0 Å². The number of likely N-dealkylation sites (tertiary alicyclic amines) is 1. The molecule has 184 valence electrons. The number of ether oxygens (including phenoxy) is 3. The van der Waals surface area contributed by atoms with Crippen LogP contribution >= 0.6 is 0 Å². The van der Waals surface area contributed by atoms with Crippen molar-refractivity contribution >= 4 is 11.9 Å². The number of rotatable bonds is 9. The molecule has 4 rings (SSSR count). The van der Waals surface area contributed by atoms with Crippen molar-refractivity contribution in [1.82, 2.24) is 9.88 Å². The molecule has 34 heavy (non-hydrogen) atoms. The van der Waals surface area contributed by atoms with Crippen molar-refractivity contribution in [2.75, 3.05) is 20.3 Å². The average Bonchev–Trinajstić information content (AvgIpc) is 3.32. The van der Waals surface area contributed by atoms with E-state index in [1.807, 2.05) is 0 Å². The predicted octanol–water partition coefficient (Wildman–Crippen LogP) is 3.53. The Hall–Kier alpha value is -3.21. The van der Waals surface area contributed by atoms with Gasteiger partial charge in [0.15, 0.2) is 23.0 Å². The molecule has 2 aromatic rings. The van der Waals surface area contributed by atoms with E-state index in [-0.39, 0.29) is 28.8 Å². The molecule has 9 nitrogen and oxygen atoms in total. The van der Waals surface area contributed by atoms with Gasteiger partial charge in [0.25, 0.3) is 5.91 Å². The molecule has 0 unspecified atom stereocenters. The van der Waals surface area contributed by atoms with Crippen LogP contribution in [0.2, 0.25) is 0 Å². The highest BCUT2D eigenvalue weighted by molar-refractivity contribution is 5.97. The van der Waals surface area contributed by atoms with Crippen LogP contribution in [0.3, 0.4) is 0 Å². The fraction of sp³-hybridized carbons (Fsp3) is 0.522. The van der Waals surface area contributed by atoms with Crippen molar-refractivity contribution in [2.45, 2.75) is 51.3 Å². The summed E-state index contributed by atoms with van der Waals surface area (Å²) in [6.45, 7) is -0.606. The predicted molar refractivity (Wildman–Crippen MR) is 115 cm³/mol. The smallest absolute Gasteiger partial charge is 0.387 e. The molecule has 1 aromatic carbocycles. The average molecular weight is 479 g/mol. The van der Waals surface area contributed by atoms with Gasteiger partial charge in [-0.25, -0.2) is 9.78 Å². The summed E-state index contributed by atoms with van der Waals surface area (Å²) in [5.74, 6) is -0.340. The molecule has 0 radical (unpaired) electrons. The van der Waals surface area contributed by atoms with Crippen molar-refractivity contribution in [3.05, 3.63) is 29.7 Å². The number of oxazole rings is 1. The Morgan fingerprint density at radius 2 is 2.03 bits per heavy atom. The maximum absolute atomic E-state index is 13.3. The van der Waals surface area contributed by atoms with E-state index in [9.17, 15) is 18.4 Å². The Kier molecular flexibility index (Phi) is 7.01. The molecule has 0 spiro atoms. The highest BCUT2D eigenvalue weighted by Gasteiger charge is 2.38. The van der Waals surface area contributed by atoms with Gasteiger partial charge in [0.2, 0.25) is 5.89 Å². The summed E-state index contributed by atoms with van der Waals surface area (Å²) in [4.78, 5) is 31.2. The Balaban J connectivity index is 1.66. The summed E-state index contributed by atoms with van der Waals surface area (Å²) in [6.07, 6.45) is 3.19. The summed E-state index contributed by atoms with van der Waals surface area (Å²) in [5, 5.41) is 0. The summed E-state index contributed by atoms with van der Waals surface area (Å²) in [5.41, 5.74) is 6.43. The second-order valence-corrected chi connectivity index (χ2v) is 8.49. The number of nitrogens with zero attached hydrogens (tertiary/aromatic N) is 2. The van der Waals surface area contributed by atoms with Crippen LogP contribution in [0.4, 0.5) is 8.78 Å². The number of amides is 1. The van der Waals surface area contributed by atoms with Crippen LogP contribution in [0.25, 0.3) is 11.5 Å². The van der Waals surface area contributed by atoms with Crippen molar-refractivity contribution in [1.29, 1.82) is 0 Å². The lowest BCUT2D eigenvalue weighted by atomic mass is 10.2. The van der Waals surface area contributed by atoms with Gasteiger partial charge < -0.3 is 29.3 Å². The molecule has 1 saturated heterocycles. The largest absolute Gasteiger partial charge is 0.489 e. The molecule has 1 aliphatic heterocycles. The maximum atomic E-state index is 13.3. The fourth-order valence-electron chi connectivity index (χ4n) is 3.88. The molecular formula is C23H27F2N3O6. The molecule has 2 fully saturated rings. The number of aromatic nitrogens is 1. The third-order valence-corrected chi connectivity index (χ3v) is 5.83. The molecule has 2 N–H and O–H groups in total. The minimum absolute atomic E-state index is 0.00541. The molecule has 2 aliphatic rings. The van der Waals surface area contributed by atoms with Gasteiger partial charge in [-0.15, -0.1) is 0 Å². The molecule has 0 bridgehead atoms. The van der Waals surface area contributed by atoms with E-state index in [0.717, 1.165) is 12.8 Å². The zero-order chi connectivity index (χ0) is 24.4. The number of carbonyl (C=O) groups is 2. The van der Waals surface area contributed by atoms with Gasteiger partial charge in [-0.2, -0.15) is 8.78 Å². The number of benzene rings is 1. The lowest BCUT2D eigenvalue weighted by Crippen LogP contribution is -2.41. The normalized spacial score (nSPS) is 18.8. The van der Waals surface area contributed by atoms with Crippen LogP contribution < -0.4 is 15.2 Å². The number of carbonyl (C=O) groups excluding carboxylic acids is 2. The second kappa shape index (κ2) is 9.96. The van der Waals surface area contributed by atoms with Gasteiger partial charge in [0.1, 0.15) is 6.04 Å². The van der Waals surface area contributed by atoms with E-state index in [0.29, 0.717) is 37.5 Å². The van der Waals surface area contributed by atoms with Crippen LogP contribution in [0.1, 0.15) is 54.9 Å². The highest BCUT2D eigenvalue weighted by atomic mass is 19.3.